The number of aryl methyl sites for hydroxylation is 1. The molecule has 0 atom stereocenters. The molecule has 0 saturated carbocycles. The molecule has 1 aromatic heterocycles. The van der Waals surface area contributed by atoms with E-state index in [2.05, 4.69) is 14.9 Å². The summed E-state index contributed by atoms with van der Waals surface area (Å²) in [5, 5.41) is 9.15. The summed E-state index contributed by atoms with van der Waals surface area (Å²) in [6, 6.07) is 0. The maximum Gasteiger partial charge on any atom is 0.341 e. The smallest absolute Gasteiger partial charge is 0.341 e. The van der Waals surface area contributed by atoms with Crippen LogP contribution in [-0.2, 0) is 0 Å². The Labute approximate surface area is 100 Å². The van der Waals surface area contributed by atoms with Gasteiger partial charge in [0.15, 0.2) is 0 Å². The van der Waals surface area contributed by atoms with E-state index in [1.807, 2.05) is 0 Å². The standard InChI is InChI=1S/C12H17N3O2/c1-9-13-8-10(12(16)17)11(14-9)15-6-4-2-3-5-7-15/h8H,2-7H2,1H3,(H,16,17). The van der Waals surface area contributed by atoms with Gasteiger partial charge in [-0.3, -0.25) is 0 Å². The molecule has 0 unspecified atom stereocenters. The van der Waals surface area contributed by atoms with Crippen molar-refractivity contribution < 1.29 is 9.90 Å². The molecule has 0 aromatic carbocycles. The third-order valence-electron chi connectivity index (χ3n) is 3.03. The Bertz CT molecular complexity index is 412. The predicted octanol–water partition coefficient (Wildman–Crippen LogP) is 1.86. The minimum atomic E-state index is -0.954. The van der Waals surface area contributed by atoms with Gasteiger partial charge in [-0.15, -0.1) is 0 Å². The molecule has 1 aromatic rings. The van der Waals surface area contributed by atoms with Crippen LogP contribution in [0.15, 0.2) is 6.20 Å². The zero-order chi connectivity index (χ0) is 12.3. The number of nitrogens with zero attached hydrogens (tertiary/aromatic N) is 3. The second kappa shape index (κ2) is 5.12. The first-order chi connectivity index (χ1) is 8.18. The fourth-order valence-electron chi connectivity index (χ4n) is 2.13. The molecular formula is C12H17N3O2. The number of carboxylic acids is 1. The van der Waals surface area contributed by atoms with Crippen LogP contribution in [0.5, 0.6) is 0 Å². The maximum atomic E-state index is 11.2. The summed E-state index contributed by atoms with van der Waals surface area (Å²) < 4.78 is 0. The van der Waals surface area contributed by atoms with E-state index >= 15 is 0 Å². The van der Waals surface area contributed by atoms with Crippen molar-refractivity contribution in [3.63, 3.8) is 0 Å². The highest BCUT2D eigenvalue weighted by Gasteiger charge is 2.19. The number of anilines is 1. The number of hydrogen-bond donors (Lipinski definition) is 1. The highest BCUT2D eigenvalue weighted by Crippen LogP contribution is 2.21. The average Bonchev–Trinajstić information content (AvgIpc) is 2.56. The van der Waals surface area contributed by atoms with Crippen LogP contribution < -0.4 is 4.90 Å². The zero-order valence-electron chi connectivity index (χ0n) is 10.0. The molecule has 1 N–H and O–H groups in total. The van der Waals surface area contributed by atoms with Gasteiger partial charge in [0.25, 0.3) is 0 Å². The van der Waals surface area contributed by atoms with E-state index in [1.54, 1.807) is 6.92 Å². The van der Waals surface area contributed by atoms with Gasteiger partial charge in [-0.25, -0.2) is 14.8 Å². The summed E-state index contributed by atoms with van der Waals surface area (Å²) in [7, 11) is 0. The number of rotatable bonds is 2. The van der Waals surface area contributed by atoms with Crippen LogP contribution in [0.25, 0.3) is 0 Å². The van der Waals surface area contributed by atoms with Gasteiger partial charge in [-0.05, 0) is 19.8 Å². The third-order valence-corrected chi connectivity index (χ3v) is 3.03. The van der Waals surface area contributed by atoms with Crippen molar-refractivity contribution in [3.05, 3.63) is 17.6 Å². The molecule has 5 heteroatoms. The predicted molar refractivity (Wildman–Crippen MR) is 64.4 cm³/mol. The topological polar surface area (TPSA) is 66.3 Å². The van der Waals surface area contributed by atoms with E-state index in [0.29, 0.717) is 11.6 Å². The van der Waals surface area contributed by atoms with E-state index in [1.165, 1.54) is 19.0 Å². The lowest BCUT2D eigenvalue weighted by atomic mass is 10.2. The Morgan fingerprint density at radius 1 is 1.29 bits per heavy atom. The normalized spacial score (nSPS) is 16.6. The lowest BCUT2D eigenvalue weighted by Crippen LogP contribution is -2.27. The van der Waals surface area contributed by atoms with Crippen LogP contribution >= 0.6 is 0 Å². The van der Waals surface area contributed by atoms with Crippen LogP contribution in [0.1, 0.15) is 41.9 Å². The number of aromatic carboxylic acids is 1. The molecule has 5 nitrogen and oxygen atoms in total. The van der Waals surface area contributed by atoms with Crippen molar-refractivity contribution in [2.75, 3.05) is 18.0 Å². The molecule has 2 heterocycles. The number of carbonyl (C=O) groups is 1. The molecular weight excluding hydrogens is 218 g/mol. The van der Waals surface area contributed by atoms with E-state index in [9.17, 15) is 4.79 Å². The first kappa shape index (κ1) is 11.8. The van der Waals surface area contributed by atoms with Crippen molar-refractivity contribution >= 4 is 11.8 Å². The lowest BCUT2D eigenvalue weighted by Gasteiger charge is -2.22. The monoisotopic (exact) mass is 235 g/mol. The molecule has 0 aliphatic carbocycles. The second-order valence-electron chi connectivity index (χ2n) is 4.36. The largest absolute Gasteiger partial charge is 0.477 e. The maximum absolute atomic E-state index is 11.2. The van der Waals surface area contributed by atoms with Crippen molar-refractivity contribution in [2.45, 2.75) is 32.6 Å². The molecule has 17 heavy (non-hydrogen) atoms. The fraction of sp³-hybridized carbons (Fsp3) is 0.583. The highest BCUT2D eigenvalue weighted by atomic mass is 16.4. The Morgan fingerprint density at radius 3 is 2.53 bits per heavy atom. The van der Waals surface area contributed by atoms with Crippen molar-refractivity contribution in [1.82, 2.24) is 9.97 Å². The summed E-state index contributed by atoms with van der Waals surface area (Å²) in [6.07, 6.45) is 6.03. The number of aromatic nitrogens is 2. The van der Waals surface area contributed by atoms with Crippen molar-refractivity contribution in [2.24, 2.45) is 0 Å². The number of hydrogen-bond acceptors (Lipinski definition) is 4. The lowest BCUT2D eigenvalue weighted by molar-refractivity contribution is 0.0696. The molecule has 92 valence electrons. The van der Waals surface area contributed by atoms with E-state index in [0.717, 1.165) is 25.9 Å². The second-order valence-corrected chi connectivity index (χ2v) is 4.36. The van der Waals surface area contributed by atoms with E-state index < -0.39 is 5.97 Å². The third kappa shape index (κ3) is 2.72. The minimum Gasteiger partial charge on any atom is -0.477 e. The van der Waals surface area contributed by atoms with Crippen LogP contribution in [0.2, 0.25) is 0 Å². The number of carboxylic acid groups (broad SMARTS) is 1. The Kier molecular flexibility index (Phi) is 3.56. The molecule has 0 radical (unpaired) electrons. The summed E-state index contributed by atoms with van der Waals surface area (Å²) in [5.74, 6) is 0.241. The van der Waals surface area contributed by atoms with E-state index in [4.69, 9.17) is 5.11 Å². The Balaban J connectivity index is 2.34. The quantitative estimate of drug-likeness (QED) is 0.847. The SMILES string of the molecule is Cc1ncc(C(=O)O)c(N2CCCCCC2)n1. The van der Waals surface area contributed by atoms with Crippen molar-refractivity contribution in [3.8, 4) is 0 Å². The summed E-state index contributed by atoms with van der Waals surface area (Å²) in [5.41, 5.74) is 0.206. The van der Waals surface area contributed by atoms with Crippen LogP contribution in [-0.4, -0.2) is 34.1 Å². The average molecular weight is 235 g/mol. The first-order valence-electron chi connectivity index (χ1n) is 6.00. The molecule has 2 rings (SSSR count). The highest BCUT2D eigenvalue weighted by molar-refractivity contribution is 5.92. The van der Waals surface area contributed by atoms with Gasteiger partial charge < -0.3 is 10.0 Å². The van der Waals surface area contributed by atoms with Crippen LogP contribution in [0.3, 0.4) is 0 Å². The van der Waals surface area contributed by atoms with Crippen LogP contribution in [0.4, 0.5) is 5.82 Å². The fourth-order valence-corrected chi connectivity index (χ4v) is 2.13. The van der Waals surface area contributed by atoms with Gasteiger partial charge >= 0.3 is 5.97 Å². The van der Waals surface area contributed by atoms with Crippen molar-refractivity contribution in [1.29, 1.82) is 0 Å². The molecule has 0 amide bonds. The minimum absolute atomic E-state index is 0.206. The van der Waals surface area contributed by atoms with Gasteiger partial charge in [0, 0.05) is 19.3 Å². The summed E-state index contributed by atoms with van der Waals surface area (Å²) >= 11 is 0. The molecule has 0 bridgehead atoms. The van der Waals surface area contributed by atoms with E-state index in [-0.39, 0.29) is 5.56 Å². The molecule has 1 aliphatic heterocycles. The first-order valence-corrected chi connectivity index (χ1v) is 6.00. The Hall–Kier alpha value is -1.65. The van der Waals surface area contributed by atoms with Gasteiger partial charge in [-0.2, -0.15) is 0 Å². The molecule has 1 aliphatic rings. The van der Waals surface area contributed by atoms with Gasteiger partial charge in [0.2, 0.25) is 0 Å². The van der Waals surface area contributed by atoms with Gasteiger partial charge in [0.1, 0.15) is 17.2 Å². The Morgan fingerprint density at radius 2 is 1.94 bits per heavy atom. The van der Waals surface area contributed by atoms with Crippen LogP contribution in [0, 0.1) is 6.92 Å². The van der Waals surface area contributed by atoms with Gasteiger partial charge in [0.05, 0.1) is 0 Å². The zero-order valence-corrected chi connectivity index (χ0v) is 10.0. The summed E-state index contributed by atoms with van der Waals surface area (Å²) in [4.78, 5) is 21.5. The molecule has 1 saturated heterocycles. The summed E-state index contributed by atoms with van der Waals surface area (Å²) in [6.45, 7) is 3.56. The van der Waals surface area contributed by atoms with Gasteiger partial charge in [-0.1, -0.05) is 12.8 Å². The molecule has 0 spiro atoms. The molecule has 1 fully saturated rings.